The number of rotatable bonds is 11. The molecule has 3 atom stereocenters. The summed E-state index contributed by atoms with van der Waals surface area (Å²) in [5.41, 5.74) is 1.72. The lowest BCUT2D eigenvalue weighted by Crippen LogP contribution is -2.29. The zero-order chi connectivity index (χ0) is 23.5. The first-order valence-corrected chi connectivity index (χ1v) is 10.2. The molecule has 32 heavy (non-hydrogen) atoms. The van der Waals surface area contributed by atoms with Crippen LogP contribution >= 0.6 is 0 Å². The van der Waals surface area contributed by atoms with Gasteiger partial charge in [-0.05, 0) is 17.7 Å². The van der Waals surface area contributed by atoms with Crippen molar-refractivity contribution < 1.29 is 33.3 Å². The standard InChI is InChI=1S/C25H30O7/c1-17(21(32-18(2)26)14-15-23(27)29-4)24(31-16-19-10-7-6-8-11-19)20-12-9-13-22(28-3)25(20)30-5/h6-15,17,21,24H,16H2,1-5H3/b15-14+/t17-,21+,24+/m0/s1. The average molecular weight is 443 g/mol. The van der Waals surface area contributed by atoms with Crippen LogP contribution in [0.2, 0.25) is 0 Å². The van der Waals surface area contributed by atoms with Crippen molar-refractivity contribution in [3.05, 3.63) is 71.8 Å². The molecule has 2 aromatic rings. The second kappa shape index (κ2) is 12.5. The predicted molar refractivity (Wildman–Crippen MR) is 119 cm³/mol. The summed E-state index contributed by atoms with van der Waals surface area (Å²) in [5, 5.41) is 0. The van der Waals surface area contributed by atoms with E-state index in [1.54, 1.807) is 20.3 Å². The first-order chi connectivity index (χ1) is 15.4. The molecule has 0 N–H and O–H groups in total. The summed E-state index contributed by atoms with van der Waals surface area (Å²) >= 11 is 0. The van der Waals surface area contributed by atoms with Crippen molar-refractivity contribution in [1.29, 1.82) is 0 Å². The van der Waals surface area contributed by atoms with Crippen molar-refractivity contribution in [3.8, 4) is 11.5 Å². The van der Waals surface area contributed by atoms with Gasteiger partial charge in [0.05, 0.1) is 34.0 Å². The van der Waals surface area contributed by atoms with Crippen LogP contribution in [-0.4, -0.2) is 39.4 Å². The van der Waals surface area contributed by atoms with Gasteiger partial charge in [-0.3, -0.25) is 4.79 Å². The second-order valence-electron chi connectivity index (χ2n) is 7.12. The maximum absolute atomic E-state index is 11.8. The van der Waals surface area contributed by atoms with E-state index in [0.717, 1.165) is 11.1 Å². The number of methoxy groups -OCH3 is 3. The zero-order valence-corrected chi connectivity index (χ0v) is 19.1. The molecule has 0 aliphatic rings. The Hall–Kier alpha value is -3.32. The summed E-state index contributed by atoms with van der Waals surface area (Å²) in [4.78, 5) is 23.4. The van der Waals surface area contributed by atoms with Crippen molar-refractivity contribution in [3.63, 3.8) is 0 Å². The van der Waals surface area contributed by atoms with Gasteiger partial charge in [0, 0.05) is 24.5 Å². The molecule has 0 aliphatic heterocycles. The topological polar surface area (TPSA) is 80.3 Å². The SMILES string of the molecule is COC(=O)/C=C/[C@@H](OC(C)=O)[C@H](C)[C@@H](OCc1ccccc1)c1cccc(OC)c1OC. The number of para-hydroxylation sites is 1. The molecule has 0 saturated carbocycles. The molecule has 2 aromatic carbocycles. The summed E-state index contributed by atoms with van der Waals surface area (Å²) in [6.45, 7) is 3.52. The van der Waals surface area contributed by atoms with E-state index in [1.165, 1.54) is 26.2 Å². The minimum absolute atomic E-state index is 0.323. The zero-order valence-electron chi connectivity index (χ0n) is 19.1. The molecular weight excluding hydrogens is 412 g/mol. The number of hydrogen-bond acceptors (Lipinski definition) is 7. The van der Waals surface area contributed by atoms with E-state index in [-0.39, 0.29) is 5.92 Å². The molecule has 172 valence electrons. The average Bonchev–Trinajstić information content (AvgIpc) is 2.81. The molecule has 0 unspecified atom stereocenters. The lowest BCUT2D eigenvalue weighted by molar-refractivity contribution is -0.149. The lowest BCUT2D eigenvalue weighted by atomic mass is 9.90. The van der Waals surface area contributed by atoms with E-state index >= 15 is 0 Å². The van der Waals surface area contributed by atoms with Gasteiger partial charge in [-0.1, -0.05) is 49.4 Å². The largest absolute Gasteiger partial charge is 0.493 e. The minimum Gasteiger partial charge on any atom is -0.493 e. The van der Waals surface area contributed by atoms with E-state index < -0.39 is 24.1 Å². The first-order valence-electron chi connectivity index (χ1n) is 10.2. The van der Waals surface area contributed by atoms with Gasteiger partial charge in [-0.25, -0.2) is 4.79 Å². The van der Waals surface area contributed by atoms with Crippen LogP contribution < -0.4 is 9.47 Å². The molecule has 0 saturated heterocycles. The van der Waals surface area contributed by atoms with Crippen LogP contribution in [0.4, 0.5) is 0 Å². The Morgan fingerprint density at radius 1 is 0.969 bits per heavy atom. The predicted octanol–water partition coefficient (Wildman–Crippen LogP) is 4.26. The highest BCUT2D eigenvalue weighted by Crippen LogP contribution is 2.41. The molecule has 0 aromatic heterocycles. The van der Waals surface area contributed by atoms with Crippen LogP contribution in [0.15, 0.2) is 60.7 Å². The van der Waals surface area contributed by atoms with Gasteiger partial charge in [0.1, 0.15) is 6.10 Å². The summed E-state index contributed by atoms with van der Waals surface area (Å²) in [5.74, 6) is -0.326. The number of carbonyl (C=O) groups excluding carboxylic acids is 2. The monoisotopic (exact) mass is 442 g/mol. The Kier molecular flexibility index (Phi) is 9.76. The first kappa shape index (κ1) is 24.9. The maximum Gasteiger partial charge on any atom is 0.330 e. The van der Waals surface area contributed by atoms with Crippen molar-refractivity contribution in [1.82, 2.24) is 0 Å². The van der Waals surface area contributed by atoms with E-state index in [0.29, 0.717) is 18.1 Å². The van der Waals surface area contributed by atoms with Crippen molar-refractivity contribution >= 4 is 11.9 Å². The fourth-order valence-electron chi connectivity index (χ4n) is 3.35. The molecule has 0 aliphatic carbocycles. The van der Waals surface area contributed by atoms with Gasteiger partial charge in [0.25, 0.3) is 0 Å². The number of hydrogen-bond donors (Lipinski definition) is 0. The lowest BCUT2D eigenvalue weighted by Gasteiger charge is -2.30. The minimum atomic E-state index is -0.747. The molecule has 0 amide bonds. The third-order valence-corrected chi connectivity index (χ3v) is 4.93. The van der Waals surface area contributed by atoms with Crippen molar-refractivity contribution in [2.45, 2.75) is 32.7 Å². The van der Waals surface area contributed by atoms with E-state index in [4.69, 9.17) is 18.9 Å². The summed E-state index contributed by atoms with van der Waals surface area (Å²) in [6, 6.07) is 15.2. The smallest absolute Gasteiger partial charge is 0.330 e. The highest BCUT2D eigenvalue weighted by atomic mass is 16.5. The molecule has 0 bridgehead atoms. The quantitative estimate of drug-likeness (QED) is 0.380. The maximum atomic E-state index is 11.8. The van der Waals surface area contributed by atoms with Gasteiger partial charge >= 0.3 is 11.9 Å². The van der Waals surface area contributed by atoms with Gasteiger partial charge < -0.3 is 23.7 Å². The number of benzene rings is 2. The molecule has 0 fully saturated rings. The molecule has 7 heteroatoms. The second-order valence-corrected chi connectivity index (χ2v) is 7.12. The fraction of sp³-hybridized carbons (Fsp3) is 0.360. The van der Waals surface area contributed by atoms with Crippen LogP contribution in [0, 0.1) is 5.92 Å². The van der Waals surface area contributed by atoms with Crippen molar-refractivity contribution in [2.75, 3.05) is 21.3 Å². The van der Waals surface area contributed by atoms with Crippen LogP contribution in [0.25, 0.3) is 0 Å². The van der Waals surface area contributed by atoms with E-state index in [1.807, 2.05) is 49.4 Å². The van der Waals surface area contributed by atoms with Crippen LogP contribution in [-0.2, 0) is 30.4 Å². The molecule has 0 spiro atoms. The van der Waals surface area contributed by atoms with Gasteiger partial charge in [0.2, 0.25) is 0 Å². The number of carbonyl (C=O) groups is 2. The fourth-order valence-corrected chi connectivity index (χ4v) is 3.35. The molecule has 0 heterocycles. The van der Waals surface area contributed by atoms with Gasteiger partial charge in [-0.2, -0.15) is 0 Å². The summed E-state index contributed by atoms with van der Waals surface area (Å²) in [7, 11) is 4.40. The number of esters is 2. The Labute approximate surface area is 188 Å². The van der Waals surface area contributed by atoms with Crippen LogP contribution in [0.5, 0.6) is 11.5 Å². The Morgan fingerprint density at radius 2 is 1.69 bits per heavy atom. The molecule has 0 radical (unpaired) electrons. The van der Waals surface area contributed by atoms with E-state index in [9.17, 15) is 9.59 Å². The summed E-state index contributed by atoms with van der Waals surface area (Å²) < 4.78 is 27.6. The van der Waals surface area contributed by atoms with Crippen molar-refractivity contribution in [2.24, 2.45) is 5.92 Å². The molecule has 7 nitrogen and oxygen atoms in total. The number of ether oxygens (including phenoxy) is 5. The third-order valence-electron chi connectivity index (χ3n) is 4.93. The Morgan fingerprint density at radius 3 is 2.28 bits per heavy atom. The Balaban J connectivity index is 2.46. The Bertz CT molecular complexity index is 908. The van der Waals surface area contributed by atoms with E-state index in [2.05, 4.69) is 4.74 Å². The highest BCUT2D eigenvalue weighted by molar-refractivity contribution is 5.81. The van der Waals surface area contributed by atoms with Gasteiger partial charge in [-0.15, -0.1) is 0 Å². The van der Waals surface area contributed by atoms with Gasteiger partial charge in [0.15, 0.2) is 11.5 Å². The van der Waals surface area contributed by atoms with Crippen LogP contribution in [0.3, 0.4) is 0 Å². The third kappa shape index (κ3) is 6.85. The highest BCUT2D eigenvalue weighted by Gasteiger charge is 2.32. The molecule has 2 rings (SSSR count). The normalized spacial score (nSPS) is 13.8. The van der Waals surface area contributed by atoms with Crippen LogP contribution in [0.1, 0.15) is 31.1 Å². The molecular formula is C25H30O7. The summed E-state index contributed by atoms with van der Waals surface area (Å²) in [6.07, 6.45) is 1.44.